The topological polar surface area (TPSA) is 83.5 Å². The summed E-state index contributed by atoms with van der Waals surface area (Å²) in [5.74, 6) is -1.00. The van der Waals surface area contributed by atoms with Crippen LogP contribution in [-0.2, 0) is 21.4 Å². The third kappa shape index (κ3) is 4.16. The van der Waals surface area contributed by atoms with Crippen LogP contribution in [-0.4, -0.2) is 24.7 Å². The Labute approximate surface area is 122 Å². The van der Waals surface area contributed by atoms with Crippen molar-refractivity contribution in [3.8, 4) is 0 Å². The summed E-state index contributed by atoms with van der Waals surface area (Å²) in [5.41, 5.74) is 0.771. The maximum absolute atomic E-state index is 12.0. The molecule has 1 saturated carbocycles. The van der Waals surface area contributed by atoms with Gasteiger partial charge in [-0.3, -0.25) is 0 Å². The molecule has 0 aromatic carbocycles. The van der Waals surface area contributed by atoms with Gasteiger partial charge in [-0.05, 0) is 35.9 Å². The van der Waals surface area contributed by atoms with Gasteiger partial charge in [0.15, 0.2) is 0 Å². The van der Waals surface area contributed by atoms with Gasteiger partial charge < -0.3 is 5.11 Å². The smallest absolute Gasteiger partial charge is 0.328 e. The fourth-order valence-corrected chi connectivity index (χ4v) is 4.66. The molecular formula is C13H17NO4S2. The van der Waals surface area contributed by atoms with Crippen LogP contribution in [0.25, 0.3) is 6.08 Å². The van der Waals surface area contributed by atoms with Crippen molar-refractivity contribution in [2.45, 2.75) is 37.5 Å². The Morgan fingerprint density at radius 2 is 2.15 bits per heavy atom. The van der Waals surface area contributed by atoms with Gasteiger partial charge in [-0.25, -0.2) is 17.9 Å². The zero-order valence-electron chi connectivity index (χ0n) is 10.9. The predicted octanol–water partition coefficient (Wildman–Crippen LogP) is 2.21. The molecule has 1 aromatic heterocycles. The molecule has 1 aromatic rings. The molecule has 0 unspecified atom stereocenters. The first kappa shape index (κ1) is 15.2. The maximum Gasteiger partial charge on any atom is 0.328 e. The molecule has 20 heavy (non-hydrogen) atoms. The Hall–Kier alpha value is -1.18. The van der Waals surface area contributed by atoms with E-state index in [1.54, 1.807) is 11.4 Å². The van der Waals surface area contributed by atoms with E-state index in [1.165, 1.54) is 17.4 Å². The fourth-order valence-electron chi connectivity index (χ4n) is 2.23. The SMILES string of the molecule is O=C(O)/C=C/c1csc(CNS(=O)(=O)C2CCCC2)c1. The first-order valence-electron chi connectivity index (χ1n) is 6.44. The van der Waals surface area contributed by atoms with E-state index in [-0.39, 0.29) is 11.8 Å². The van der Waals surface area contributed by atoms with Crippen LogP contribution < -0.4 is 4.72 Å². The first-order chi connectivity index (χ1) is 9.47. The van der Waals surface area contributed by atoms with Gasteiger partial charge in [-0.1, -0.05) is 12.8 Å². The third-order valence-corrected chi connectivity index (χ3v) is 6.13. The molecule has 5 nitrogen and oxygen atoms in total. The van der Waals surface area contributed by atoms with Crippen molar-refractivity contribution in [2.24, 2.45) is 0 Å². The van der Waals surface area contributed by atoms with Crippen molar-refractivity contribution in [1.29, 1.82) is 0 Å². The van der Waals surface area contributed by atoms with Crippen molar-refractivity contribution in [3.63, 3.8) is 0 Å². The summed E-state index contributed by atoms with van der Waals surface area (Å²) < 4.78 is 26.7. The van der Waals surface area contributed by atoms with E-state index in [1.807, 2.05) is 0 Å². The molecule has 2 N–H and O–H groups in total. The number of rotatable bonds is 6. The van der Waals surface area contributed by atoms with Crippen molar-refractivity contribution in [1.82, 2.24) is 4.72 Å². The Bertz CT molecular complexity index is 598. The van der Waals surface area contributed by atoms with Crippen LogP contribution in [0, 0.1) is 0 Å². The van der Waals surface area contributed by atoms with E-state index in [2.05, 4.69) is 4.72 Å². The molecule has 1 heterocycles. The highest BCUT2D eigenvalue weighted by Crippen LogP contribution is 2.24. The quantitative estimate of drug-likeness (QED) is 0.788. The lowest BCUT2D eigenvalue weighted by Crippen LogP contribution is -2.31. The summed E-state index contributed by atoms with van der Waals surface area (Å²) in [5, 5.41) is 10.1. The van der Waals surface area contributed by atoms with Crippen LogP contribution in [0.5, 0.6) is 0 Å². The van der Waals surface area contributed by atoms with Crippen molar-refractivity contribution < 1.29 is 18.3 Å². The van der Waals surface area contributed by atoms with Gasteiger partial charge >= 0.3 is 5.97 Å². The van der Waals surface area contributed by atoms with E-state index in [9.17, 15) is 13.2 Å². The summed E-state index contributed by atoms with van der Waals surface area (Å²) >= 11 is 1.41. The Kier molecular flexibility index (Phi) is 4.95. The largest absolute Gasteiger partial charge is 0.478 e. The lowest BCUT2D eigenvalue weighted by molar-refractivity contribution is -0.131. The van der Waals surface area contributed by atoms with Crippen LogP contribution in [0.2, 0.25) is 0 Å². The Morgan fingerprint density at radius 3 is 2.80 bits per heavy atom. The number of carboxylic acids is 1. The number of thiophene rings is 1. The standard InChI is InChI=1S/C13H17NO4S2/c15-13(16)6-5-10-7-11(19-9-10)8-14-20(17,18)12-3-1-2-4-12/h5-7,9,12,14H,1-4,8H2,(H,15,16)/b6-5+. The normalized spacial score (nSPS) is 17.0. The third-order valence-electron chi connectivity index (χ3n) is 3.28. The average molecular weight is 315 g/mol. The molecule has 0 atom stereocenters. The highest BCUT2D eigenvalue weighted by atomic mass is 32.2. The van der Waals surface area contributed by atoms with E-state index >= 15 is 0 Å². The van der Waals surface area contributed by atoms with Crippen molar-refractivity contribution >= 4 is 33.4 Å². The molecule has 0 aliphatic heterocycles. The number of hydrogen-bond acceptors (Lipinski definition) is 4. The summed E-state index contributed by atoms with van der Waals surface area (Å²) in [6, 6.07) is 1.79. The summed E-state index contributed by atoms with van der Waals surface area (Å²) in [7, 11) is -3.23. The van der Waals surface area contributed by atoms with Gasteiger partial charge in [0.25, 0.3) is 0 Å². The molecule has 110 valence electrons. The van der Waals surface area contributed by atoms with Gasteiger partial charge in [0.05, 0.1) is 5.25 Å². The number of aliphatic carboxylic acids is 1. The zero-order chi connectivity index (χ0) is 14.6. The van der Waals surface area contributed by atoms with Gasteiger partial charge in [0.2, 0.25) is 10.0 Å². The van der Waals surface area contributed by atoms with E-state index in [0.717, 1.165) is 42.2 Å². The predicted molar refractivity (Wildman–Crippen MR) is 79.0 cm³/mol. The van der Waals surface area contributed by atoms with Gasteiger partial charge in [0, 0.05) is 17.5 Å². The lowest BCUT2D eigenvalue weighted by atomic mass is 10.3. The second kappa shape index (κ2) is 6.51. The van der Waals surface area contributed by atoms with Crippen LogP contribution in [0.1, 0.15) is 36.1 Å². The van der Waals surface area contributed by atoms with Crippen LogP contribution in [0.15, 0.2) is 17.5 Å². The van der Waals surface area contributed by atoms with E-state index < -0.39 is 16.0 Å². The van der Waals surface area contributed by atoms with E-state index in [4.69, 9.17) is 5.11 Å². The second-order valence-electron chi connectivity index (χ2n) is 4.79. The minimum absolute atomic E-state index is 0.256. The molecule has 0 saturated heterocycles. The zero-order valence-corrected chi connectivity index (χ0v) is 12.5. The van der Waals surface area contributed by atoms with Crippen LogP contribution >= 0.6 is 11.3 Å². The molecule has 0 amide bonds. The highest BCUT2D eigenvalue weighted by molar-refractivity contribution is 7.90. The summed E-state index contributed by atoms with van der Waals surface area (Å²) in [4.78, 5) is 11.3. The van der Waals surface area contributed by atoms with Gasteiger partial charge in [-0.2, -0.15) is 0 Å². The molecule has 2 rings (SSSR count). The fraction of sp³-hybridized carbons (Fsp3) is 0.462. The number of sulfonamides is 1. The molecular weight excluding hydrogens is 298 g/mol. The molecule has 0 bridgehead atoms. The number of carbonyl (C=O) groups is 1. The molecule has 0 radical (unpaired) electrons. The Morgan fingerprint density at radius 1 is 1.45 bits per heavy atom. The monoisotopic (exact) mass is 315 g/mol. The molecule has 1 fully saturated rings. The van der Waals surface area contributed by atoms with Crippen molar-refractivity contribution in [2.75, 3.05) is 0 Å². The molecule has 7 heteroatoms. The molecule has 1 aliphatic rings. The number of hydrogen-bond donors (Lipinski definition) is 2. The van der Waals surface area contributed by atoms with Crippen LogP contribution in [0.4, 0.5) is 0 Å². The van der Waals surface area contributed by atoms with E-state index in [0.29, 0.717) is 0 Å². The minimum Gasteiger partial charge on any atom is -0.478 e. The van der Waals surface area contributed by atoms with Gasteiger partial charge in [0.1, 0.15) is 0 Å². The molecule has 1 aliphatic carbocycles. The van der Waals surface area contributed by atoms with Gasteiger partial charge in [-0.15, -0.1) is 11.3 Å². The molecule has 0 spiro atoms. The summed E-state index contributed by atoms with van der Waals surface area (Å²) in [6.45, 7) is 0.268. The Balaban J connectivity index is 1.92. The van der Waals surface area contributed by atoms with Crippen LogP contribution in [0.3, 0.4) is 0 Å². The maximum atomic E-state index is 12.0. The highest BCUT2D eigenvalue weighted by Gasteiger charge is 2.28. The number of carboxylic acid groups (broad SMARTS) is 1. The second-order valence-corrected chi connectivity index (χ2v) is 7.83. The number of nitrogens with one attached hydrogen (secondary N) is 1. The average Bonchev–Trinajstić information content (AvgIpc) is 3.06. The first-order valence-corrected chi connectivity index (χ1v) is 8.87. The summed E-state index contributed by atoms with van der Waals surface area (Å²) in [6.07, 6.45) is 6.00. The minimum atomic E-state index is -3.23. The lowest BCUT2D eigenvalue weighted by Gasteiger charge is -2.11. The van der Waals surface area contributed by atoms with Crippen molar-refractivity contribution in [3.05, 3.63) is 28.0 Å².